The van der Waals surface area contributed by atoms with Gasteiger partial charge in [0.25, 0.3) is 0 Å². The summed E-state index contributed by atoms with van der Waals surface area (Å²) >= 11 is 5.91. The number of rotatable bonds is 6. The molecule has 2 aromatic rings. The van der Waals surface area contributed by atoms with Crippen LogP contribution in [0, 0.1) is 0 Å². The first-order valence-electron chi connectivity index (χ1n) is 9.94. The molecule has 0 saturated carbocycles. The smallest absolute Gasteiger partial charge is 0.247 e. The van der Waals surface area contributed by atoms with Crippen molar-refractivity contribution in [2.45, 2.75) is 32.4 Å². The van der Waals surface area contributed by atoms with Gasteiger partial charge >= 0.3 is 0 Å². The average Bonchev–Trinajstić information content (AvgIpc) is 2.72. The third-order valence-corrected chi connectivity index (χ3v) is 6.89. The molecule has 0 aliphatic carbocycles. The Balaban J connectivity index is 1.96. The molecule has 1 fully saturated rings. The number of sulfonamides is 1. The number of nitrogens with one attached hydrogen (secondary N) is 1. The van der Waals surface area contributed by atoms with Crippen LogP contribution < -0.4 is 10.2 Å². The van der Waals surface area contributed by atoms with Crippen molar-refractivity contribution in [3.63, 3.8) is 0 Å². The van der Waals surface area contributed by atoms with E-state index in [4.69, 9.17) is 11.6 Å². The summed E-state index contributed by atoms with van der Waals surface area (Å²) in [7, 11) is -3.66. The molecule has 0 spiro atoms. The van der Waals surface area contributed by atoms with Gasteiger partial charge in [-0.3, -0.25) is 14.5 Å². The minimum absolute atomic E-state index is 0.139. The Bertz CT molecular complexity index is 1090. The van der Waals surface area contributed by atoms with Crippen LogP contribution in [-0.4, -0.2) is 49.4 Å². The van der Waals surface area contributed by atoms with Crippen LogP contribution in [0.15, 0.2) is 48.5 Å². The average molecular weight is 464 g/mol. The van der Waals surface area contributed by atoms with Crippen LogP contribution >= 0.6 is 11.6 Å². The third kappa shape index (κ3) is 5.08. The second kappa shape index (κ2) is 8.98. The van der Waals surface area contributed by atoms with E-state index in [0.29, 0.717) is 10.7 Å². The Labute approximate surface area is 188 Å². The summed E-state index contributed by atoms with van der Waals surface area (Å²) in [5.41, 5.74) is 1.00. The van der Waals surface area contributed by atoms with Gasteiger partial charge in [0, 0.05) is 23.8 Å². The summed E-state index contributed by atoms with van der Waals surface area (Å²) in [6.45, 7) is 3.37. The van der Waals surface area contributed by atoms with E-state index in [0.717, 1.165) is 28.1 Å². The van der Waals surface area contributed by atoms with Crippen LogP contribution in [0.5, 0.6) is 0 Å². The van der Waals surface area contributed by atoms with Gasteiger partial charge in [-0.15, -0.1) is 0 Å². The van der Waals surface area contributed by atoms with E-state index in [-0.39, 0.29) is 19.6 Å². The molecule has 1 unspecified atom stereocenters. The van der Waals surface area contributed by atoms with E-state index in [2.05, 4.69) is 5.32 Å². The summed E-state index contributed by atoms with van der Waals surface area (Å²) in [6, 6.07) is 14.4. The van der Waals surface area contributed by atoms with Gasteiger partial charge in [0.15, 0.2) is 0 Å². The fourth-order valence-electron chi connectivity index (χ4n) is 3.69. The Morgan fingerprint density at radius 2 is 1.84 bits per heavy atom. The van der Waals surface area contributed by atoms with Crippen LogP contribution in [-0.2, 0) is 32.6 Å². The van der Waals surface area contributed by atoms with Gasteiger partial charge in [0.05, 0.1) is 12.8 Å². The molecule has 1 heterocycles. The maximum atomic E-state index is 13.4. The molecule has 1 saturated heterocycles. The number of halogens is 1. The predicted molar refractivity (Wildman–Crippen MR) is 121 cm³/mol. The number of nitrogens with zero attached hydrogens (tertiary/aromatic N) is 2. The standard InChI is InChI=1S/C22H26ClN3O4S/c1-4-16-6-5-7-19(12-16)26-20(27)14-25(31(3,29)30)15-22(26,2)21(28)24-13-17-8-10-18(23)11-9-17/h5-12H,4,13-15H2,1-3H3,(H,24,28). The second-order valence-corrected chi connectivity index (χ2v) is 10.3. The first-order chi connectivity index (χ1) is 14.5. The highest BCUT2D eigenvalue weighted by atomic mass is 35.5. The number of aryl methyl sites for hydroxylation is 1. The Morgan fingerprint density at radius 3 is 2.45 bits per heavy atom. The van der Waals surface area contributed by atoms with E-state index in [1.165, 1.54) is 4.90 Å². The number of hydrogen-bond donors (Lipinski definition) is 1. The normalized spacial score (nSPS) is 20.0. The molecule has 166 valence electrons. The van der Waals surface area contributed by atoms with Crippen LogP contribution in [0.4, 0.5) is 5.69 Å². The summed E-state index contributed by atoms with van der Waals surface area (Å²) in [4.78, 5) is 27.9. The van der Waals surface area contributed by atoms with Crippen LogP contribution in [0.25, 0.3) is 0 Å². The highest BCUT2D eigenvalue weighted by Gasteiger charge is 2.50. The van der Waals surface area contributed by atoms with Gasteiger partial charge in [-0.2, -0.15) is 4.31 Å². The quantitative estimate of drug-likeness (QED) is 0.713. The number of piperazine rings is 1. The molecule has 2 amide bonds. The second-order valence-electron chi connectivity index (χ2n) is 7.87. The van der Waals surface area contributed by atoms with E-state index in [1.807, 2.05) is 25.1 Å². The summed E-state index contributed by atoms with van der Waals surface area (Å²) in [5.74, 6) is -0.889. The number of hydrogen-bond acceptors (Lipinski definition) is 4. The van der Waals surface area contributed by atoms with Crippen molar-refractivity contribution in [3.8, 4) is 0 Å². The predicted octanol–water partition coefficient (Wildman–Crippen LogP) is 2.59. The highest BCUT2D eigenvalue weighted by molar-refractivity contribution is 7.88. The third-order valence-electron chi connectivity index (χ3n) is 5.44. The Hall–Kier alpha value is -2.42. The molecule has 0 bridgehead atoms. The van der Waals surface area contributed by atoms with Gasteiger partial charge in [-0.25, -0.2) is 8.42 Å². The minimum Gasteiger partial charge on any atom is -0.350 e. The zero-order valence-electron chi connectivity index (χ0n) is 17.8. The summed E-state index contributed by atoms with van der Waals surface area (Å²) in [6.07, 6.45) is 1.81. The lowest BCUT2D eigenvalue weighted by molar-refractivity contribution is -0.133. The fraction of sp³-hybridized carbons (Fsp3) is 0.364. The van der Waals surface area contributed by atoms with Crippen LogP contribution in [0.3, 0.4) is 0 Å². The number of benzene rings is 2. The fourth-order valence-corrected chi connectivity index (χ4v) is 4.65. The topological polar surface area (TPSA) is 86.8 Å². The van der Waals surface area contributed by atoms with E-state index >= 15 is 0 Å². The van der Waals surface area contributed by atoms with Gasteiger partial charge in [0.2, 0.25) is 21.8 Å². The van der Waals surface area contributed by atoms with Crippen LogP contribution in [0.1, 0.15) is 25.0 Å². The maximum absolute atomic E-state index is 13.4. The molecule has 1 aliphatic rings. The number of amides is 2. The molecule has 2 aromatic carbocycles. The molecule has 0 radical (unpaired) electrons. The monoisotopic (exact) mass is 463 g/mol. The lowest BCUT2D eigenvalue weighted by Gasteiger charge is -2.46. The van der Waals surface area contributed by atoms with Gasteiger partial charge in [-0.1, -0.05) is 42.8 Å². The minimum atomic E-state index is -3.66. The number of carbonyl (C=O) groups is 2. The molecular weight excluding hydrogens is 438 g/mol. The highest BCUT2D eigenvalue weighted by Crippen LogP contribution is 2.31. The van der Waals surface area contributed by atoms with Crippen molar-refractivity contribution in [2.24, 2.45) is 0 Å². The Kier molecular flexibility index (Phi) is 6.73. The van der Waals surface area contributed by atoms with Crippen molar-refractivity contribution in [3.05, 3.63) is 64.7 Å². The van der Waals surface area contributed by atoms with Crippen molar-refractivity contribution in [1.82, 2.24) is 9.62 Å². The van der Waals surface area contributed by atoms with Gasteiger partial charge in [-0.05, 0) is 48.7 Å². The zero-order valence-corrected chi connectivity index (χ0v) is 19.3. The van der Waals surface area contributed by atoms with Gasteiger partial charge < -0.3 is 5.32 Å². The summed E-state index contributed by atoms with van der Waals surface area (Å²) in [5, 5.41) is 3.44. The van der Waals surface area contributed by atoms with Crippen molar-refractivity contribution >= 4 is 39.1 Å². The first kappa shape index (κ1) is 23.2. The van der Waals surface area contributed by atoms with E-state index < -0.39 is 27.4 Å². The first-order valence-corrected chi connectivity index (χ1v) is 12.2. The van der Waals surface area contributed by atoms with Crippen molar-refractivity contribution in [1.29, 1.82) is 0 Å². The lowest BCUT2D eigenvalue weighted by atomic mass is 9.94. The van der Waals surface area contributed by atoms with E-state index in [9.17, 15) is 18.0 Å². The molecule has 3 rings (SSSR count). The largest absolute Gasteiger partial charge is 0.350 e. The van der Waals surface area contributed by atoms with Gasteiger partial charge in [0.1, 0.15) is 5.54 Å². The van der Waals surface area contributed by atoms with Crippen LogP contribution in [0.2, 0.25) is 5.02 Å². The SMILES string of the molecule is CCc1cccc(N2C(=O)CN(S(C)(=O)=O)CC2(C)C(=O)NCc2ccc(Cl)cc2)c1. The molecule has 7 nitrogen and oxygen atoms in total. The number of anilines is 1. The lowest BCUT2D eigenvalue weighted by Crippen LogP contribution is -2.70. The zero-order chi connectivity index (χ0) is 22.8. The number of carbonyl (C=O) groups excluding carboxylic acids is 2. The maximum Gasteiger partial charge on any atom is 0.247 e. The molecule has 1 atom stereocenters. The molecule has 31 heavy (non-hydrogen) atoms. The molecular formula is C22H26ClN3O4S. The van der Waals surface area contributed by atoms with Crippen molar-refractivity contribution in [2.75, 3.05) is 24.2 Å². The molecule has 1 N–H and O–H groups in total. The summed E-state index contributed by atoms with van der Waals surface area (Å²) < 4.78 is 25.5. The molecule has 9 heteroatoms. The van der Waals surface area contributed by atoms with Crippen molar-refractivity contribution < 1.29 is 18.0 Å². The van der Waals surface area contributed by atoms with E-state index in [1.54, 1.807) is 37.3 Å². The molecule has 1 aliphatic heterocycles. The molecule has 0 aromatic heterocycles. The Morgan fingerprint density at radius 1 is 1.16 bits per heavy atom.